The lowest BCUT2D eigenvalue weighted by molar-refractivity contribution is -0.384. The summed E-state index contributed by atoms with van der Waals surface area (Å²) >= 11 is 0. The largest absolute Gasteiger partial charge is 0.456 e. The number of nitro benzene ring substituents is 2. The summed E-state index contributed by atoms with van der Waals surface area (Å²) < 4.78 is 5.57. The molecule has 0 atom stereocenters. The van der Waals surface area contributed by atoms with Gasteiger partial charge in [0.15, 0.2) is 0 Å². The maximum Gasteiger partial charge on any atom is 0.280 e. The Labute approximate surface area is 175 Å². The first-order valence-corrected chi connectivity index (χ1v) is 8.82. The summed E-state index contributed by atoms with van der Waals surface area (Å²) in [4.78, 5) is 33.5. The number of anilines is 1. The van der Waals surface area contributed by atoms with Crippen LogP contribution in [-0.2, 0) is 4.79 Å². The quantitative estimate of drug-likeness (QED) is 0.265. The smallest absolute Gasteiger partial charge is 0.280 e. The Balaban J connectivity index is 1.88. The maximum atomic E-state index is 12.5. The molecule has 154 valence electrons. The maximum absolute atomic E-state index is 12.5. The van der Waals surface area contributed by atoms with Crippen LogP contribution in [-0.4, -0.2) is 15.8 Å². The zero-order valence-corrected chi connectivity index (χ0v) is 16.1. The summed E-state index contributed by atoms with van der Waals surface area (Å²) in [5.41, 5.74) is 0.361. The number of furan rings is 1. The second-order valence-corrected chi connectivity index (χ2v) is 6.36. The number of carbonyl (C=O) groups excluding carboxylic acids is 1. The van der Waals surface area contributed by atoms with Gasteiger partial charge in [0, 0.05) is 24.3 Å². The molecule has 1 amide bonds. The number of nitro groups is 2. The number of para-hydroxylation sites is 1. The van der Waals surface area contributed by atoms with Crippen molar-refractivity contribution in [3.8, 4) is 17.4 Å². The van der Waals surface area contributed by atoms with Crippen LogP contribution in [0, 0.1) is 38.5 Å². The predicted molar refractivity (Wildman–Crippen MR) is 111 cm³/mol. The fourth-order valence-corrected chi connectivity index (χ4v) is 2.76. The lowest BCUT2D eigenvalue weighted by Gasteiger charge is -2.07. The van der Waals surface area contributed by atoms with Gasteiger partial charge in [-0.2, -0.15) is 5.26 Å². The first-order chi connectivity index (χ1) is 14.8. The third kappa shape index (κ3) is 4.63. The summed E-state index contributed by atoms with van der Waals surface area (Å²) in [5, 5.41) is 34.0. The van der Waals surface area contributed by atoms with Crippen molar-refractivity contribution in [3.63, 3.8) is 0 Å². The Hall–Kier alpha value is -4.78. The molecule has 1 N–H and O–H groups in total. The molecule has 0 aliphatic rings. The highest BCUT2D eigenvalue weighted by molar-refractivity contribution is 6.09. The van der Waals surface area contributed by atoms with Gasteiger partial charge in [-0.05, 0) is 30.7 Å². The highest BCUT2D eigenvalue weighted by Crippen LogP contribution is 2.31. The number of benzene rings is 2. The molecule has 3 aromatic rings. The number of hydrogen-bond donors (Lipinski definition) is 1. The molecule has 0 fully saturated rings. The molecule has 3 rings (SSSR count). The number of aryl methyl sites for hydroxylation is 1. The van der Waals surface area contributed by atoms with Gasteiger partial charge in [0.1, 0.15) is 23.2 Å². The average molecular weight is 418 g/mol. The number of nitrogens with zero attached hydrogens (tertiary/aromatic N) is 3. The Kier molecular flexibility index (Phi) is 5.88. The van der Waals surface area contributed by atoms with Gasteiger partial charge in [-0.3, -0.25) is 25.0 Å². The van der Waals surface area contributed by atoms with Gasteiger partial charge in [-0.1, -0.05) is 18.2 Å². The molecule has 0 aliphatic carbocycles. The van der Waals surface area contributed by atoms with E-state index in [-0.39, 0.29) is 39.7 Å². The highest BCUT2D eigenvalue weighted by Gasteiger charge is 2.18. The van der Waals surface area contributed by atoms with Crippen molar-refractivity contribution in [1.29, 1.82) is 5.26 Å². The van der Waals surface area contributed by atoms with Gasteiger partial charge in [0.2, 0.25) is 0 Å². The topological polar surface area (TPSA) is 152 Å². The van der Waals surface area contributed by atoms with E-state index in [0.717, 1.165) is 0 Å². The van der Waals surface area contributed by atoms with Crippen LogP contribution in [0.4, 0.5) is 17.1 Å². The predicted octanol–water partition coefficient (Wildman–Crippen LogP) is 4.62. The minimum absolute atomic E-state index is 0.135. The van der Waals surface area contributed by atoms with E-state index in [1.807, 2.05) is 0 Å². The van der Waals surface area contributed by atoms with E-state index in [0.29, 0.717) is 5.56 Å². The van der Waals surface area contributed by atoms with Crippen molar-refractivity contribution >= 4 is 29.0 Å². The average Bonchev–Trinajstić information content (AvgIpc) is 3.21. The van der Waals surface area contributed by atoms with Crippen LogP contribution >= 0.6 is 0 Å². The molecule has 0 saturated carbocycles. The second-order valence-electron chi connectivity index (χ2n) is 6.36. The minimum Gasteiger partial charge on any atom is -0.456 e. The van der Waals surface area contributed by atoms with Gasteiger partial charge >= 0.3 is 0 Å². The summed E-state index contributed by atoms with van der Waals surface area (Å²) in [7, 11) is 0. The lowest BCUT2D eigenvalue weighted by Crippen LogP contribution is -2.14. The normalized spacial score (nSPS) is 10.9. The molecule has 1 aromatic heterocycles. The minimum atomic E-state index is -0.783. The van der Waals surface area contributed by atoms with E-state index >= 15 is 0 Å². The summed E-state index contributed by atoms with van der Waals surface area (Å²) in [6.45, 7) is 1.65. The third-order valence-corrected chi connectivity index (χ3v) is 4.32. The number of hydrogen-bond acceptors (Lipinski definition) is 7. The van der Waals surface area contributed by atoms with Crippen LogP contribution in [0.5, 0.6) is 0 Å². The SMILES string of the molecule is Cc1ccc([N+](=O)[O-])cc1NC(=O)/C(C#N)=C/c1ccc(-c2ccccc2[N+](=O)[O-])o1. The Morgan fingerprint density at radius 2 is 1.84 bits per heavy atom. The van der Waals surface area contributed by atoms with E-state index < -0.39 is 15.8 Å². The summed E-state index contributed by atoms with van der Waals surface area (Å²) in [6, 6.07) is 14.7. The van der Waals surface area contributed by atoms with Crippen LogP contribution in [0.25, 0.3) is 17.4 Å². The van der Waals surface area contributed by atoms with Crippen molar-refractivity contribution in [1.82, 2.24) is 0 Å². The second kappa shape index (κ2) is 8.71. The molecule has 2 aromatic carbocycles. The third-order valence-electron chi connectivity index (χ3n) is 4.32. The van der Waals surface area contributed by atoms with Gasteiger partial charge in [-0.25, -0.2) is 0 Å². The number of rotatable bonds is 6. The summed E-state index contributed by atoms with van der Waals surface area (Å²) in [5.74, 6) is -0.448. The van der Waals surface area contributed by atoms with E-state index in [1.54, 1.807) is 19.1 Å². The molecule has 10 heteroatoms. The standard InChI is InChI=1S/C21H14N4O6/c1-13-6-7-15(24(27)28)11-18(13)23-21(26)14(12-22)10-16-8-9-20(31-16)17-4-2-3-5-19(17)25(29)30/h2-11H,1H3,(H,23,26)/b14-10+. The highest BCUT2D eigenvalue weighted by atomic mass is 16.6. The molecule has 31 heavy (non-hydrogen) atoms. The fraction of sp³-hybridized carbons (Fsp3) is 0.0476. The number of amides is 1. The molecule has 0 unspecified atom stereocenters. The van der Waals surface area contributed by atoms with Crippen LogP contribution in [0.3, 0.4) is 0 Å². The van der Waals surface area contributed by atoms with Gasteiger partial charge < -0.3 is 9.73 Å². The van der Waals surface area contributed by atoms with Crippen LogP contribution in [0.2, 0.25) is 0 Å². The number of nitrogens with one attached hydrogen (secondary N) is 1. The number of nitriles is 1. The van der Waals surface area contributed by atoms with Crippen molar-refractivity contribution in [2.75, 3.05) is 5.32 Å². The van der Waals surface area contributed by atoms with E-state index in [2.05, 4.69) is 5.32 Å². The fourth-order valence-electron chi connectivity index (χ4n) is 2.76. The Morgan fingerprint density at radius 3 is 2.52 bits per heavy atom. The van der Waals surface area contributed by atoms with Crippen molar-refractivity contribution in [2.45, 2.75) is 6.92 Å². The first kappa shape index (κ1) is 20.9. The molecular weight excluding hydrogens is 404 g/mol. The first-order valence-electron chi connectivity index (χ1n) is 8.82. The van der Waals surface area contributed by atoms with E-state index in [1.165, 1.54) is 54.6 Å². The van der Waals surface area contributed by atoms with Gasteiger partial charge in [0.05, 0.1) is 21.1 Å². The molecule has 1 heterocycles. The van der Waals surface area contributed by atoms with Crippen LogP contribution in [0.15, 0.2) is 64.6 Å². The van der Waals surface area contributed by atoms with E-state index in [9.17, 15) is 30.3 Å². The van der Waals surface area contributed by atoms with Gasteiger partial charge in [0.25, 0.3) is 17.3 Å². The monoisotopic (exact) mass is 418 g/mol. The molecule has 0 saturated heterocycles. The van der Waals surface area contributed by atoms with E-state index in [4.69, 9.17) is 4.42 Å². The van der Waals surface area contributed by atoms with Crippen molar-refractivity contribution < 1.29 is 19.1 Å². The zero-order valence-electron chi connectivity index (χ0n) is 16.1. The Morgan fingerprint density at radius 1 is 1.10 bits per heavy atom. The van der Waals surface area contributed by atoms with Crippen LogP contribution < -0.4 is 5.32 Å². The number of non-ortho nitro benzene ring substituents is 1. The molecule has 10 nitrogen and oxygen atoms in total. The molecule has 0 bridgehead atoms. The molecule has 0 spiro atoms. The molecule has 0 aliphatic heterocycles. The molecule has 0 radical (unpaired) electrons. The van der Waals surface area contributed by atoms with Crippen LogP contribution in [0.1, 0.15) is 11.3 Å². The zero-order chi connectivity index (χ0) is 22.5. The molecular formula is C21H14N4O6. The van der Waals surface area contributed by atoms with Gasteiger partial charge in [-0.15, -0.1) is 0 Å². The number of carbonyl (C=O) groups is 1. The lowest BCUT2D eigenvalue weighted by atomic mass is 10.1. The Bertz CT molecular complexity index is 1270. The van der Waals surface area contributed by atoms with Crippen molar-refractivity contribution in [2.24, 2.45) is 0 Å². The summed E-state index contributed by atoms with van der Waals surface area (Å²) in [6.07, 6.45) is 1.18. The van der Waals surface area contributed by atoms with Crippen molar-refractivity contribution in [3.05, 3.63) is 91.7 Å².